The first-order valence-corrected chi connectivity index (χ1v) is 6.42. The number of H-pyrrole nitrogens is 1. The lowest BCUT2D eigenvalue weighted by Gasteiger charge is -2.02. The van der Waals surface area contributed by atoms with E-state index in [4.69, 9.17) is 0 Å². The lowest BCUT2D eigenvalue weighted by molar-refractivity contribution is 0.112. The minimum atomic E-state index is -0.796. The molecule has 0 radical (unpaired) electrons. The van der Waals surface area contributed by atoms with Gasteiger partial charge in [0.25, 0.3) is 0 Å². The summed E-state index contributed by atoms with van der Waals surface area (Å²) in [5, 5.41) is 0. The molecular formula is C10H6F2INO. The van der Waals surface area contributed by atoms with E-state index in [9.17, 15) is 13.6 Å². The molecule has 0 saturated heterocycles. The maximum absolute atomic E-state index is 13.5. The number of hydrogen-bond donors (Lipinski definition) is 1. The second-order valence-electron chi connectivity index (χ2n) is 2.82. The molecule has 0 spiro atoms. The summed E-state index contributed by atoms with van der Waals surface area (Å²) in [7, 11) is 0. The molecule has 1 aromatic heterocycles. The molecule has 1 aromatic rings. The van der Waals surface area contributed by atoms with Gasteiger partial charge in [-0.15, -0.1) is 0 Å². The minimum Gasteiger partial charge on any atom is -0.358 e. The fourth-order valence-electron chi connectivity index (χ4n) is 1.23. The fraction of sp³-hybridized carbons (Fsp3) is 0. The molecule has 0 bridgehead atoms. The largest absolute Gasteiger partial charge is 0.358 e. The van der Waals surface area contributed by atoms with Gasteiger partial charge in [0.15, 0.2) is 15.9 Å². The van der Waals surface area contributed by atoms with Gasteiger partial charge < -0.3 is 4.98 Å². The van der Waals surface area contributed by atoms with Crippen molar-refractivity contribution in [2.24, 2.45) is 0 Å². The van der Waals surface area contributed by atoms with Gasteiger partial charge >= 0.3 is 0 Å². The standard InChI is InChI=1S/C10H6F2INO/c11-8-6(5-15)4-14-9(8)7-2-1-3-13-10(7)12/h1-5,14H. The molecule has 0 amide bonds. The number of aromatic nitrogens is 1. The molecular weight excluding hydrogens is 315 g/mol. The molecule has 2 nitrogen and oxygen atoms in total. The summed E-state index contributed by atoms with van der Waals surface area (Å²) in [6.45, 7) is 0. The molecule has 78 valence electrons. The van der Waals surface area contributed by atoms with Crippen LogP contribution in [0, 0.1) is 5.82 Å². The number of carbonyl (C=O) groups is 1. The van der Waals surface area contributed by atoms with Crippen LogP contribution in [0.4, 0.5) is 8.78 Å². The summed E-state index contributed by atoms with van der Waals surface area (Å²) in [5.74, 6) is -0.689. The minimum absolute atomic E-state index is 0.0543. The third-order valence-corrected chi connectivity index (χ3v) is 3.84. The molecule has 0 aliphatic carbocycles. The highest BCUT2D eigenvalue weighted by atomic mass is 127. The monoisotopic (exact) mass is 321 g/mol. The van der Waals surface area contributed by atoms with E-state index in [-0.39, 0.29) is 20.7 Å². The normalized spacial score (nSPS) is 15.3. The van der Waals surface area contributed by atoms with E-state index in [2.05, 4.69) is 4.98 Å². The van der Waals surface area contributed by atoms with Crippen molar-refractivity contribution >= 4 is 36.6 Å². The number of nitrogens with one attached hydrogen (secondary N) is 1. The molecule has 0 fully saturated rings. The van der Waals surface area contributed by atoms with Gasteiger partial charge in [-0.3, -0.25) is 4.79 Å². The molecule has 0 unspecified atom stereocenters. The predicted octanol–water partition coefficient (Wildman–Crippen LogP) is 2.95. The van der Waals surface area contributed by atoms with Crippen LogP contribution >= 0.6 is 20.7 Å². The van der Waals surface area contributed by atoms with E-state index >= 15 is 0 Å². The first-order chi connectivity index (χ1) is 7.24. The number of halogens is 3. The number of allylic oxidation sites excluding steroid dienone is 3. The number of aldehydes is 1. The van der Waals surface area contributed by atoms with Crippen LogP contribution in [0.3, 0.4) is 0 Å². The molecule has 15 heavy (non-hydrogen) atoms. The molecule has 0 aromatic carbocycles. The van der Waals surface area contributed by atoms with Gasteiger partial charge in [-0.05, 0) is 10.1 Å². The van der Waals surface area contributed by atoms with Gasteiger partial charge in [0.05, 0.1) is 11.3 Å². The van der Waals surface area contributed by atoms with Gasteiger partial charge in [0.2, 0.25) is 0 Å². The molecule has 5 heteroatoms. The lowest BCUT2D eigenvalue weighted by atomic mass is 10.2. The highest BCUT2D eigenvalue weighted by Gasteiger charge is 2.16. The Morgan fingerprint density at radius 3 is 2.80 bits per heavy atom. The van der Waals surface area contributed by atoms with Crippen molar-refractivity contribution < 1.29 is 13.6 Å². The van der Waals surface area contributed by atoms with E-state index < -0.39 is 26.5 Å². The quantitative estimate of drug-likeness (QED) is 0.659. The maximum Gasteiger partial charge on any atom is 0.164 e. The van der Waals surface area contributed by atoms with Crippen molar-refractivity contribution in [1.29, 1.82) is 0 Å². The van der Waals surface area contributed by atoms with Crippen LogP contribution in [0.1, 0.15) is 16.1 Å². The second kappa shape index (κ2) is 4.18. The summed E-state index contributed by atoms with van der Waals surface area (Å²) in [5.41, 5.74) is 0.195. The zero-order valence-electron chi connectivity index (χ0n) is 7.43. The van der Waals surface area contributed by atoms with Crippen molar-refractivity contribution in [3.8, 4) is 0 Å². The Morgan fingerprint density at radius 2 is 2.20 bits per heavy atom. The highest BCUT2D eigenvalue weighted by Crippen LogP contribution is 2.32. The molecule has 2 rings (SSSR count). The number of carbonyl (C=O) groups excluding carboxylic acids is 1. The van der Waals surface area contributed by atoms with Crippen LogP contribution in [-0.4, -0.2) is 15.3 Å². The third kappa shape index (κ3) is 1.83. The van der Waals surface area contributed by atoms with E-state index in [0.717, 1.165) is 0 Å². The topological polar surface area (TPSA) is 32.9 Å². The van der Waals surface area contributed by atoms with E-state index in [1.54, 1.807) is 10.1 Å². The number of aromatic amines is 1. The smallest absolute Gasteiger partial charge is 0.164 e. The number of rotatable bonds is 2. The van der Waals surface area contributed by atoms with Crippen molar-refractivity contribution in [3.63, 3.8) is 0 Å². The van der Waals surface area contributed by atoms with Crippen molar-refractivity contribution in [1.82, 2.24) is 4.98 Å². The average molecular weight is 321 g/mol. The van der Waals surface area contributed by atoms with Crippen LogP contribution in [-0.2, 0) is 0 Å². The van der Waals surface area contributed by atoms with Crippen molar-refractivity contribution in [3.05, 3.63) is 39.3 Å². The van der Waals surface area contributed by atoms with Crippen molar-refractivity contribution in [2.45, 2.75) is 0 Å². The fourth-order valence-corrected chi connectivity index (χ4v) is 2.74. The molecule has 2 heterocycles. The van der Waals surface area contributed by atoms with Gasteiger partial charge in [-0.2, -0.15) is 4.39 Å². The summed E-state index contributed by atoms with van der Waals surface area (Å²) in [6.07, 6.45) is 4.85. The Labute approximate surface area is 94.4 Å². The van der Waals surface area contributed by atoms with Crippen molar-refractivity contribution in [2.75, 3.05) is 0 Å². The summed E-state index contributed by atoms with van der Waals surface area (Å²) >= 11 is -0.796. The predicted molar refractivity (Wildman–Crippen MR) is 63.4 cm³/mol. The molecule has 1 N–H and O–H groups in total. The molecule has 1 aliphatic rings. The Balaban J connectivity index is 2.55. The lowest BCUT2D eigenvalue weighted by Crippen LogP contribution is -1.90. The Bertz CT molecular complexity index is 500. The van der Waals surface area contributed by atoms with E-state index in [1.165, 1.54) is 12.3 Å². The summed E-state index contributed by atoms with van der Waals surface area (Å²) < 4.78 is 28.3. The first-order valence-electron chi connectivity index (χ1n) is 4.09. The van der Waals surface area contributed by atoms with Crippen LogP contribution in [0.15, 0.2) is 22.2 Å². The molecule has 1 aliphatic heterocycles. The summed E-state index contributed by atoms with van der Waals surface area (Å²) in [4.78, 5) is 13.0. The van der Waals surface area contributed by atoms with Crippen LogP contribution in [0.2, 0.25) is 0 Å². The Kier molecular flexibility index (Phi) is 2.90. The van der Waals surface area contributed by atoms with E-state index in [1.807, 2.05) is 0 Å². The zero-order chi connectivity index (χ0) is 10.8. The SMILES string of the molecule is O=Cc1c[nH]c(C2=C(F)I=CC=C2)c1F. The van der Waals surface area contributed by atoms with Gasteiger partial charge in [0.1, 0.15) is 0 Å². The average Bonchev–Trinajstić information content (AvgIpc) is 2.60. The Hall–Kier alpha value is -1.11. The van der Waals surface area contributed by atoms with Gasteiger partial charge in [-0.25, -0.2) is 4.39 Å². The number of hydrogen-bond acceptors (Lipinski definition) is 1. The van der Waals surface area contributed by atoms with Crippen LogP contribution < -0.4 is 0 Å². The summed E-state index contributed by atoms with van der Waals surface area (Å²) in [6, 6.07) is 0. The first kappa shape index (κ1) is 10.4. The van der Waals surface area contributed by atoms with Gasteiger partial charge in [0, 0.05) is 11.8 Å². The maximum atomic E-state index is 13.5. The van der Waals surface area contributed by atoms with E-state index in [0.29, 0.717) is 6.29 Å². The zero-order valence-corrected chi connectivity index (χ0v) is 9.59. The highest BCUT2D eigenvalue weighted by molar-refractivity contribution is 14.2. The van der Waals surface area contributed by atoms with Crippen LogP contribution in [0.25, 0.3) is 5.57 Å². The van der Waals surface area contributed by atoms with Gasteiger partial charge in [-0.1, -0.05) is 26.8 Å². The molecule has 0 saturated carbocycles. The molecule has 0 atom stereocenters. The van der Waals surface area contributed by atoms with Crippen LogP contribution in [0.5, 0.6) is 0 Å². The second-order valence-corrected chi connectivity index (χ2v) is 5.11. The Morgan fingerprint density at radius 1 is 1.40 bits per heavy atom. The third-order valence-electron chi connectivity index (χ3n) is 1.94.